The lowest BCUT2D eigenvalue weighted by Crippen LogP contribution is -2.47. The molecule has 3 rings (SSSR count). The number of rotatable bonds is 9. The van der Waals surface area contributed by atoms with Crippen LogP contribution in [0.2, 0.25) is 0 Å². The summed E-state index contributed by atoms with van der Waals surface area (Å²) in [6, 6.07) is 13.2. The van der Waals surface area contributed by atoms with Crippen LogP contribution in [-0.4, -0.2) is 39.8 Å². The monoisotopic (exact) mass is 437 g/mol. The summed E-state index contributed by atoms with van der Waals surface area (Å²) >= 11 is 0. The van der Waals surface area contributed by atoms with E-state index in [0.717, 1.165) is 37.7 Å². The number of aromatic nitrogens is 2. The molecule has 0 aliphatic heterocycles. The molecule has 8 heteroatoms. The van der Waals surface area contributed by atoms with Crippen molar-refractivity contribution in [1.82, 2.24) is 20.4 Å². The Hall–Kier alpha value is -3.18. The summed E-state index contributed by atoms with van der Waals surface area (Å²) in [5.74, 6) is -0.599. The number of hydrogen-bond acceptors (Lipinski definition) is 5. The molecule has 1 aliphatic rings. The first-order chi connectivity index (χ1) is 15.5. The van der Waals surface area contributed by atoms with Gasteiger partial charge in [0.1, 0.15) is 18.3 Å². The van der Waals surface area contributed by atoms with Gasteiger partial charge in [0.2, 0.25) is 5.91 Å². The van der Waals surface area contributed by atoms with Gasteiger partial charge in [-0.05, 0) is 31.7 Å². The number of nitrogens with one attached hydrogen (secondary N) is 2. The van der Waals surface area contributed by atoms with Crippen molar-refractivity contribution in [3.8, 4) is 6.07 Å². The molecular formula is C24H31N5O3. The van der Waals surface area contributed by atoms with Gasteiger partial charge < -0.3 is 15.4 Å². The van der Waals surface area contributed by atoms with Gasteiger partial charge in [-0.15, -0.1) is 0 Å². The molecule has 3 atom stereocenters. The highest BCUT2D eigenvalue weighted by Gasteiger charge is 2.28. The maximum absolute atomic E-state index is 12.8. The molecular weight excluding hydrogens is 406 g/mol. The predicted molar refractivity (Wildman–Crippen MR) is 120 cm³/mol. The summed E-state index contributed by atoms with van der Waals surface area (Å²) in [5.41, 5.74) is 1.41. The van der Waals surface area contributed by atoms with Gasteiger partial charge in [0.25, 0.3) is 5.91 Å². The third kappa shape index (κ3) is 6.41. The lowest BCUT2D eigenvalue weighted by atomic mass is 9.92. The molecule has 8 nitrogen and oxygen atoms in total. The molecule has 2 N–H and O–H groups in total. The van der Waals surface area contributed by atoms with Gasteiger partial charge >= 0.3 is 0 Å². The van der Waals surface area contributed by atoms with Gasteiger partial charge in [0.15, 0.2) is 5.69 Å². The fraction of sp³-hybridized carbons (Fsp3) is 0.500. The summed E-state index contributed by atoms with van der Waals surface area (Å²) in [7, 11) is 0. The Morgan fingerprint density at radius 2 is 2.03 bits per heavy atom. The average Bonchev–Trinajstić information content (AvgIpc) is 3.22. The molecule has 1 aromatic carbocycles. The Labute approximate surface area is 188 Å². The molecule has 0 radical (unpaired) electrons. The van der Waals surface area contributed by atoms with Crippen molar-refractivity contribution in [1.29, 1.82) is 5.26 Å². The Morgan fingerprint density at radius 3 is 2.75 bits per heavy atom. The standard InChI is InChI=1S/C24H31N5O3/c1-3-17(2)26-24(31)21-13-19(14-25)28-29(21)15-23(30)27-20-11-7-8-12-22(20)32-16-18-9-5-4-6-10-18/h4-6,9-10,13,17,20,22H,3,7-8,11-12,15-16H2,1-2H3,(H,26,31)(H,27,30)/t17-,20+,22+/m1/s1. The second-order valence-electron chi connectivity index (χ2n) is 8.26. The summed E-state index contributed by atoms with van der Waals surface area (Å²) in [5, 5.41) is 19.2. The Balaban J connectivity index is 1.63. The molecule has 1 fully saturated rings. The van der Waals surface area contributed by atoms with Gasteiger partial charge in [-0.3, -0.25) is 9.59 Å². The molecule has 170 valence electrons. The van der Waals surface area contributed by atoms with Crippen LogP contribution in [0.5, 0.6) is 0 Å². The fourth-order valence-corrected chi connectivity index (χ4v) is 3.80. The average molecular weight is 438 g/mol. The Morgan fingerprint density at radius 1 is 1.28 bits per heavy atom. The maximum atomic E-state index is 12.8. The zero-order chi connectivity index (χ0) is 22.9. The largest absolute Gasteiger partial charge is 0.371 e. The van der Waals surface area contributed by atoms with E-state index in [1.54, 1.807) is 0 Å². The van der Waals surface area contributed by atoms with E-state index in [2.05, 4.69) is 15.7 Å². The third-order valence-corrected chi connectivity index (χ3v) is 5.77. The van der Waals surface area contributed by atoms with Gasteiger partial charge in [-0.1, -0.05) is 50.1 Å². The van der Waals surface area contributed by atoms with E-state index in [1.807, 2.05) is 50.2 Å². The highest BCUT2D eigenvalue weighted by molar-refractivity contribution is 5.93. The minimum atomic E-state index is -0.345. The first-order valence-electron chi connectivity index (χ1n) is 11.2. The Bertz CT molecular complexity index is 950. The lowest BCUT2D eigenvalue weighted by molar-refractivity contribution is -0.124. The molecule has 2 aromatic rings. The quantitative estimate of drug-likeness (QED) is 0.627. The minimum Gasteiger partial charge on any atom is -0.371 e. The van der Waals surface area contributed by atoms with E-state index in [9.17, 15) is 14.9 Å². The van der Waals surface area contributed by atoms with Crippen molar-refractivity contribution in [2.24, 2.45) is 0 Å². The van der Waals surface area contributed by atoms with Crippen molar-refractivity contribution in [2.45, 2.75) is 77.3 Å². The SMILES string of the molecule is CC[C@@H](C)NC(=O)c1cc(C#N)nn1CC(=O)N[C@H]1CCCC[C@@H]1OCc1ccccc1. The van der Waals surface area contributed by atoms with Gasteiger partial charge in [0.05, 0.1) is 18.8 Å². The first-order valence-corrected chi connectivity index (χ1v) is 11.2. The highest BCUT2D eigenvalue weighted by atomic mass is 16.5. The van der Waals surface area contributed by atoms with Crippen LogP contribution in [-0.2, 0) is 22.7 Å². The van der Waals surface area contributed by atoms with Crippen LogP contribution in [0.1, 0.15) is 67.7 Å². The van der Waals surface area contributed by atoms with Crippen molar-refractivity contribution in [3.63, 3.8) is 0 Å². The number of carbonyl (C=O) groups excluding carboxylic acids is 2. The number of ether oxygens (including phenoxy) is 1. The second kappa shape index (κ2) is 11.4. The molecule has 1 saturated carbocycles. The summed E-state index contributed by atoms with van der Waals surface area (Å²) < 4.78 is 7.43. The predicted octanol–water partition coefficient (Wildman–Crippen LogP) is 2.93. The van der Waals surface area contributed by atoms with Crippen LogP contribution in [0.15, 0.2) is 36.4 Å². The van der Waals surface area contributed by atoms with Crippen molar-refractivity contribution >= 4 is 11.8 Å². The molecule has 0 saturated heterocycles. The van der Waals surface area contributed by atoms with Crippen molar-refractivity contribution < 1.29 is 14.3 Å². The maximum Gasteiger partial charge on any atom is 0.269 e. The van der Waals surface area contributed by atoms with E-state index < -0.39 is 0 Å². The van der Waals surface area contributed by atoms with Crippen LogP contribution in [0.4, 0.5) is 0 Å². The Kier molecular flexibility index (Phi) is 8.40. The second-order valence-corrected chi connectivity index (χ2v) is 8.26. The van der Waals surface area contributed by atoms with E-state index in [4.69, 9.17) is 4.74 Å². The normalized spacial score (nSPS) is 19.0. The van der Waals surface area contributed by atoms with Gasteiger partial charge in [-0.25, -0.2) is 4.68 Å². The van der Waals surface area contributed by atoms with Crippen molar-refractivity contribution in [2.75, 3.05) is 0 Å². The summed E-state index contributed by atoms with van der Waals surface area (Å²) in [4.78, 5) is 25.4. The fourth-order valence-electron chi connectivity index (χ4n) is 3.80. The molecule has 0 spiro atoms. The molecule has 2 amide bonds. The van der Waals surface area contributed by atoms with E-state index in [-0.39, 0.29) is 47.9 Å². The number of nitriles is 1. The molecule has 32 heavy (non-hydrogen) atoms. The third-order valence-electron chi connectivity index (χ3n) is 5.77. The molecule has 0 unspecified atom stereocenters. The first kappa shape index (κ1) is 23.5. The van der Waals surface area contributed by atoms with Crippen LogP contribution >= 0.6 is 0 Å². The van der Waals surface area contributed by atoms with Crippen molar-refractivity contribution in [3.05, 3.63) is 53.3 Å². The zero-order valence-corrected chi connectivity index (χ0v) is 18.7. The van der Waals surface area contributed by atoms with Gasteiger partial charge in [-0.2, -0.15) is 10.4 Å². The van der Waals surface area contributed by atoms with Crippen LogP contribution in [0.3, 0.4) is 0 Å². The number of hydrogen-bond donors (Lipinski definition) is 2. The van der Waals surface area contributed by atoms with E-state index in [0.29, 0.717) is 6.61 Å². The summed E-state index contributed by atoms with van der Waals surface area (Å²) in [6.07, 6.45) is 4.54. The van der Waals surface area contributed by atoms with Crippen LogP contribution in [0.25, 0.3) is 0 Å². The van der Waals surface area contributed by atoms with E-state index in [1.165, 1.54) is 10.7 Å². The molecule has 0 bridgehead atoms. The highest BCUT2D eigenvalue weighted by Crippen LogP contribution is 2.22. The van der Waals surface area contributed by atoms with Crippen LogP contribution in [0, 0.1) is 11.3 Å². The number of carbonyl (C=O) groups is 2. The topological polar surface area (TPSA) is 109 Å². The molecule has 1 aromatic heterocycles. The number of nitrogens with zero attached hydrogens (tertiary/aromatic N) is 3. The zero-order valence-electron chi connectivity index (χ0n) is 18.7. The number of amides is 2. The minimum absolute atomic E-state index is 0.0185. The number of benzene rings is 1. The lowest BCUT2D eigenvalue weighted by Gasteiger charge is -2.32. The van der Waals surface area contributed by atoms with Crippen LogP contribution < -0.4 is 10.6 Å². The molecule has 1 heterocycles. The van der Waals surface area contributed by atoms with Gasteiger partial charge in [0, 0.05) is 12.1 Å². The summed E-state index contributed by atoms with van der Waals surface area (Å²) in [6.45, 7) is 4.24. The van der Waals surface area contributed by atoms with E-state index >= 15 is 0 Å². The molecule has 1 aliphatic carbocycles. The smallest absolute Gasteiger partial charge is 0.269 e.